The predicted molar refractivity (Wildman–Crippen MR) is 76.7 cm³/mol. The lowest BCUT2D eigenvalue weighted by Gasteiger charge is -2.41. The molecule has 0 bridgehead atoms. The van der Waals surface area contributed by atoms with Crippen molar-refractivity contribution in [2.24, 2.45) is 11.8 Å². The Morgan fingerprint density at radius 2 is 2.25 bits per heavy atom. The summed E-state index contributed by atoms with van der Waals surface area (Å²) in [5.74, 6) is 7.11. The van der Waals surface area contributed by atoms with E-state index in [2.05, 4.69) is 15.4 Å². The second kappa shape index (κ2) is 5.76. The van der Waals surface area contributed by atoms with E-state index in [1.165, 1.54) is 25.7 Å². The zero-order valence-corrected chi connectivity index (χ0v) is 12.1. The maximum Gasteiger partial charge on any atom is 0.125 e. The Kier molecular flexibility index (Phi) is 4.01. The van der Waals surface area contributed by atoms with Gasteiger partial charge in [0.1, 0.15) is 5.82 Å². The van der Waals surface area contributed by atoms with Crippen molar-refractivity contribution >= 4 is 0 Å². The van der Waals surface area contributed by atoms with Gasteiger partial charge in [0.2, 0.25) is 0 Å². The molecule has 20 heavy (non-hydrogen) atoms. The lowest BCUT2D eigenvalue weighted by Crippen LogP contribution is -2.43. The van der Waals surface area contributed by atoms with E-state index in [4.69, 9.17) is 10.6 Å². The van der Waals surface area contributed by atoms with Gasteiger partial charge in [-0.3, -0.25) is 11.3 Å². The summed E-state index contributed by atoms with van der Waals surface area (Å²) in [6.07, 6.45) is 8.92. The average molecular weight is 276 g/mol. The Labute approximate surface area is 120 Å². The minimum atomic E-state index is 0.0954. The summed E-state index contributed by atoms with van der Waals surface area (Å²) in [7, 11) is 0. The third kappa shape index (κ3) is 2.71. The highest BCUT2D eigenvalue weighted by atomic mass is 16.5. The molecule has 3 N–H and O–H groups in total. The van der Waals surface area contributed by atoms with Gasteiger partial charge in [0.15, 0.2) is 0 Å². The van der Waals surface area contributed by atoms with Crippen LogP contribution in [0.25, 0.3) is 0 Å². The lowest BCUT2D eigenvalue weighted by molar-refractivity contribution is -0.0984. The third-order valence-corrected chi connectivity index (χ3v) is 4.81. The summed E-state index contributed by atoms with van der Waals surface area (Å²) in [5.41, 5.74) is 4.09. The summed E-state index contributed by atoms with van der Waals surface area (Å²) < 4.78 is 6.11. The van der Waals surface area contributed by atoms with Crippen LogP contribution in [0.15, 0.2) is 12.3 Å². The van der Waals surface area contributed by atoms with Gasteiger partial charge in [0.05, 0.1) is 17.3 Å². The number of hydrogen-bond donors (Lipinski definition) is 2. The Balaban J connectivity index is 1.78. The quantitative estimate of drug-likeness (QED) is 0.653. The summed E-state index contributed by atoms with van der Waals surface area (Å²) in [5, 5.41) is 0. The van der Waals surface area contributed by atoms with Crippen LogP contribution < -0.4 is 11.3 Å². The van der Waals surface area contributed by atoms with Crippen LogP contribution >= 0.6 is 0 Å². The molecule has 2 atom stereocenters. The molecule has 0 radical (unpaired) electrons. The predicted octanol–water partition coefficient (Wildman–Crippen LogP) is 2.03. The molecular weight excluding hydrogens is 252 g/mol. The molecule has 1 aromatic heterocycles. The third-order valence-electron chi connectivity index (χ3n) is 4.81. The molecule has 3 rings (SSSR count). The van der Waals surface area contributed by atoms with Crippen LogP contribution in [0.4, 0.5) is 0 Å². The number of nitrogens with zero attached hydrogens (tertiary/aromatic N) is 2. The van der Waals surface area contributed by atoms with Gasteiger partial charge in [-0.15, -0.1) is 0 Å². The van der Waals surface area contributed by atoms with E-state index in [1.54, 1.807) is 0 Å². The van der Waals surface area contributed by atoms with E-state index in [9.17, 15) is 0 Å². The molecule has 1 aromatic rings. The van der Waals surface area contributed by atoms with E-state index < -0.39 is 0 Å². The number of hydrazine groups is 1. The van der Waals surface area contributed by atoms with Gasteiger partial charge in [0.25, 0.3) is 0 Å². The van der Waals surface area contributed by atoms with Crippen molar-refractivity contribution in [2.75, 3.05) is 6.61 Å². The highest BCUT2D eigenvalue weighted by Crippen LogP contribution is 2.44. The molecule has 5 nitrogen and oxygen atoms in total. The smallest absolute Gasteiger partial charge is 0.125 e. The van der Waals surface area contributed by atoms with Gasteiger partial charge in [-0.25, -0.2) is 9.97 Å². The van der Waals surface area contributed by atoms with Crippen molar-refractivity contribution in [1.29, 1.82) is 0 Å². The summed E-state index contributed by atoms with van der Waals surface area (Å²) >= 11 is 0. The zero-order valence-electron chi connectivity index (χ0n) is 12.1. The monoisotopic (exact) mass is 276 g/mol. The topological polar surface area (TPSA) is 73.1 Å². The van der Waals surface area contributed by atoms with Crippen molar-refractivity contribution in [3.63, 3.8) is 0 Å². The number of aryl methyl sites for hydroxylation is 1. The van der Waals surface area contributed by atoms with Crippen LogP contribution in [0.3, 0.4) is 0 Å². The molecule has 2 heterocycles. The van der Waals surface area contributed by atoms with Gasteiger partial charge < -0.3 is 4.74 Å². The van der Waals surface area contributed by atoms with Gasteiger partial charge in [0, 0.05) is 12.8 Å². The molecule has 1 aliphatic heterocycles. The van der Waals surface area contributed by atoms with Crippen molar-refractivity contribution in [3.8, 4) is 0 Å². The minimum absolute atomic E-state index is 0.0954. The number of aromatic nitrogens is 2. The first-order valence-corrected chi connectivity index (χ1v) is 7.62. The Bertz CT molecular complexity index is 459. The van der Waals surface area contributed by atoms with Crippen molar-refractivity contribution < 1.29 is 4.74 Å². The van der Waals surface area contributed by atoms with Crippen LogP contribution in [-0.2, 0) is 4.74 Å². The van der Waals surface area contributed by atoms with E-state index in [-0.39, 0.29) is 11.6 Å². The Morgan fingerprint density at radius 3 is 2.95 bits per heavy atom. The Morgan fingerprint density at radius 1 is 1.45 bits per heavy atom. The van der Waals surface area contributed by atoms with E-state index in [1.807, 2.05) is 19.2 Å². The number of rotatable bonds is 3. The molecular formula is C15H24N4O. The molecule has 110 valence electrons. The van der Waals surface area contributed by atoms with Crippen LogP contribution in [0.1, 0.15) is 56.1 Å². The second-order valence-corrected chi connectivity index (χ2v) is 6.16. The summed E-state index contributed by atoms with van der Waals surface area (Å²) in [6.45, 7) is 2.76. The van der Waals surface area contributed by atoms with Crippen molar-refractivity contribution in [1.82, 2.24) is 15.4 Å². The standard InChI is InChI=1S/C15H24N4O/c1-11-17-8-4-13(18-11)14(19-16)12-5-9-20-15(10-12)6-2-3-7-15/h4,8,12,14,19H,2-3,5-7,9-10,16H2,1H3. The number of hydrogen-bond acceptors (Lipinski definition) is 5. The molecule has 0 aromatic carbocycles. The van der Waals surface area contributed by atoms with Gasteiger partial charge in [-0.2, -0.15) is 0 Å². The first-order chi connectivity index (χ1) is 9.72. The van der Waals surface area contributed by atoms with Crippen molar-refractivity contribution in [2.45, 2.75) is 57.1 Å². The van der Waals surface area contributed by atoms with E-state index in [0.29, 0.717) is 5.92 Å². The van der Waals surface area contributed by atoms with Crippen molar-refractivity contribution in [3.05, 3.63) is 23.8 Å². The Hall–Kier alpha value is -1.04. The fourth-order valence-corrected chi connectivity index (χ4v) is 3.83. The zero-order chi connectivity index (χ0) is 14.0. The number of ether oxygens (including phenoxy) is 1. The molecule has 2 fully saturated rings. The fourth-order valence-electron chi connectivity index (χ4n) is 3.83. The highest BCUT2D eigenvalue weighted by molar-refractivity contribution is 5.10. The second-order valence-electron chi connectivity index (χ2n) is 6.16. The molecule has 1 saturated carbocycles. The highest BCUT2D eigenvalue weighted by Gasteiger charge is 2.42. The first kappa shape index (κ1) is 13.9. The van der Waals surface area contributed by atoms with Gasteiger partial charge >= 0.3 is 0 Å². The summed E-state index contributed by atoms with van der Waals surface area (Å²) in [6, 6.07) is 2.06. The molecule has 1 spiro atoms. The maximum atomic E-state index is 6.11. The van der Waals surface area contributed by atoms with Gasteiger partial charge in [-0.1, -0.05) is 12.8 Å². The van der Waals surface area contributed by atoms with Crippen LogP contribution in [-0.4, -0.2) is 22.2 Å². The molecule has 1 aliphatic carbocycles. The molecule has 2 aliphatic rings. The number of nitrogens with two attached hydrogens (primary N) is 1. The maximum absolute atomic E-state index is 6.11. The largest absolute Gasteiger partial charge is 0.375 e. The average Bonchev–Trinajstić information content (AvgIpc) is 2.88. The SMILES string of the molecule is Cc1nccc(C(NN)C2CCOC3(CCCC3)C2)n1. The van der Waals surface area contributed by atoms with Crippen LogP contribution in [0, 0.1) is 12.8 Å². The van der Waals surface area contributed by atoms with Crippen LogP contribution in [0.5, 0.6) is 0 Å². The van der Waals surface area contributed by atoms with Crippen LogP contribution in [0.2, 0.25) is 0 Å². The lowest BCUT2D eigenvalue weighted by atomic mass is 9.80. The fraction of sp³-hybridized carbons (Fsp3) is 0.733. The number of nitrogens with one attached hydrogen (secondary N) is 1. The molecule has 1 saturated heterocycles. The first-order valence-electron chi connectivity index (χ1n) is 7.62. The summed E-state index contributed by atoms with van der Waals surface area (Å²) in [4.78, 5) is 8.71. The van der Waals surface area contributed by atoms with E-state index in [0.717, 1.165) is 31.0 Å². The molecule has 0 amide bonds. The van der Waals surface area contributed by atoms with E-state index >= 15 is 0 Å². The van der Waals surface area contributed by atoms with Gasteiger partial charge in [-0.05, 0) is 44.6 Å². The normalized spacial score (nSPS) is 26.8. The minimum Gasteiger partial charge on any atom is -0.375 e. The molecule has 2 unspecified atom stereocenters. The molecule has 5 heteroatoms.